The van der Waals surface area contributed by atoms with Gasteiger partial charge in [-0.1, -0.05) is 12.1 Å². The number of aromatic hydroxyl groups is 1. The van der Waals surface area contributed by atoms with Crippen molar-refractivity contribution in [1.82, 2.24) is 0 Å². The largest absolute Gasteiger partial charge is 0.504 e. The summed E-state index contributed by atoms with van der Waals surface area (Å²) in [6.07, 6.45) is -0.580. The molecule has 0 bridgehead atoms. The molecule has 6 nitrogen and oxygen atoms in total. The standard InChI is InChI=1S/C10H8O6/c11-6-3-1-2-5(4-7(12)13)8(9(6)14)10(15)16/h1-3H,4H2,(H,11,14)(H,12,13)(H,15,16). The summed E-state index contributed by atoms with van der Waals surface area (Å²) in [6, 6.07) is 3.35. The average molecular weight is 224 g/mol. The fourth-order valence-corrected chi connectivity index (χ4v) is 1.24. The van der Waals surface area contributed by atoms with Gasteiger partial charge in [-0.05, 0) is 11.6 Å². The number of aromatic carboxylic acids is 1. The summed E-state index contributed by atoms with van der Waals surface area (Å²) in [4.78, 5) is 32.4. The van der Waals surface area contributed by atoms with Gasteiger partial charge in [0.15, 0.2) is 5.75 Å². The van der Waals surface area contributed by atoms with Crippen molar-refractivity contribution in [2.75, 3.05) is 0 Å². The molecule has 84 valence electrons. The van der Waals surface area contributed by atoms with Crippen molar-refractivity contribution in [3.8, 4) is 5.75 Å². The Bertz CT molecular complexity index is 505. The third-order valence-corrected chi connectivity index (χ3v) is 1.89. The molecule has 6 heteroatoms. The highest BCUT2D eigenvalue weighted by Crippen LogP contribution is 2.16. The predicted octanol–water partition coefficient (Wildman–Crippen LogP) is 0.0777. The summed E-state index contributed by atoms with van der Waals surface area (Å²) in [5, 5.41) is 26.7. The Hall–Kier alpha value is -2.37. The van der Waals surface area contributed by atoms with Crippen molar-refractivity contribution in [3.63, 3.8) is 0 Å². The summed E-state index contributed by atoms with van der Waals surface area (Å²) in [5.41, 5.74) is -1.66. The number of hydrogen-bond acceptors (Lipinski definition) is 4. The lowest BCUT2D eigenvalue weighted by atomic mass is 10.1. The summed E-state index contributed by atoms with van der Waals surface area (Å²) in [7, 11) is 0. The molecule has 0 saturated carbocycles. The van der Waals surface area contributed by atoms with Crippen LogP contribution in [0, 0.1) is 0 Å². The van der Waals surface area contributed by atoms with E-state index in [0.29, 0.717) is 0 Å². The molecule has 1 aromatic rings. The molecule has 0 radical (unpaired) electrons. The Morgan fingerprint density at radius 2 is 1.81 bits per heavy atom. The second kappa shape index (κ2) is 4.43. The van der Waals surface area contributed by atoms with Crippen LogP contribution < -0.4 is 5.43 Å². The molecule has 0 saturated heterocycles. The van der Waals surface area contributed by atoms with Gasteiger partial charge in [0, 0.05) is 0 Å². The van der Waals surface area contributed by atoms with Gasteiger partial charge in [-0.25, -0.2) is 4.79 Å². The van der Waals surface area contributed by atoms with Gasteiger partial charge < -0.3 is 15.3 Å². The van der Waals surface area contributed by atoms with Crippen molar-refractivity contribution >= 4 is 11.9 Å². The maximum Gasteiger partial charge on any atom is 0.339 e. The lowest BCUT2D eigenvalue weighted by Gasteiger charge is -2.00. The molecular weight excluding hydrogens is 216 g/mol. The zero-order valence-corrected chi connectivity index (χ0v) is 8.01. The van der Waals surface area contributed by atoms with Gasteiger partial charge in [0.25, 0.3) is 0 Å². The van der Waals surface area contributed by atoms with Gasteiger partial charge in [-0.3, -0.25) is 9.59 Å². The van der Waals surface area contributed by atoms with Crippen LogP contribution in [0.15, 0.2) is 23.0 Å². The predicted molar refractivity (Wildman–Crippen MR) is 52.7 cm³/mol. The zero-order valence-electron chi connectivity index (χ0n) is 8.01. The van der Waals surface area contributed by atoms with Crippen molar-refractivity contribution < 1.29 is 24.9 Å². The SMILES string of the molecule is O=C(O)Cc1cccc(=O)c(O)c1C(=O)O. The molecule has 0 heterocycles. The van der Waals surface area contributed by atoms with Crippen LogP contribution in [0.25, 0.3) is 0 Å². The second-order valence-electron chi connectivity index (χ2n) is 3.01. The minimum atomic E-state index is -1.54. The smallest absolute Gasteiger partial charge is 0.339 e. The van der Waals surface area contributed by atoms with E-state index in [-0.39, 0.29) is 5.56 Å². The monoisotopic (exact) mass is 224 g/mol. The Morgan fingerprint density at radius 1 is 1.19 bits per heavy atom. The third-order valence-electron chi connectivity index (χ3n) is 1.89. The molecule has 0 aliphatic heterocycles. The molecule has 3 N–H and O–H groups in total. The van der Waals surface area contributed by atoms with Gasteiger partial charge in [0.05, 0.1) is 6.42 Å². The molecule has 0 aliphatic rings. The summed E-state index contributed by atoms with van der Waals surface area (Å²) in [6.45, 7) is 0. The molecule has 0 aliphatic carbocycles. The quantitative estimate of drug-likeness (QED) is 0.670. The van der Waals surface area contributed by atoms with Crippen LogP contribution in [-0.4, -0.2) is 27.3 Å². The van der Waals surface area contributed by atoms with Crippen LogP contribution in [0.5, 0.6) is 5.75 Å². The van der Waals surface area contributed by atoms with E-state index in [4.69, 9.17) is 10.2 Å². The van der Waals surface area contributed by atoms with E-state index in [1.807, 2.05) is 0 Å². The van der Waals surface area contributed by atoms with Crippen LogP contribution in [0.1, 0.15) is 15.9 Å². The van der Waals surface area contributed by atoms with Gasteiger partial charge in [-0.15, -0.1) is 0 Å². The fourth-order valence-electron chi connectivity index (χ4n) is 1.24. The molecule has 16 heavy (non-hydrogen) atoms. The first-order valence-corrected chi connectivity index (χ1v) is 4.23. The number of carboxylic acid groups (broad SMARTS) is 2. The van der Waals surface area contributed by atoms with Crippen molar-refractivity contribution in [3.05, 3.63) is 39.5 Å². The minimum absolute atomic E-state index is 0.125. The third kappa shape index (κ3) is 2.35. The topological polar surface area (TPSA) is 112 Å². The summed E-state index contributed by atoms with van der Waals surface area (Å²) in [5.74, 6) is -3.74. The molecule has 1 rings (SSSR count). The van der Waals surface area contributed by atoms with Crippen LogP contribution in [0.2, 0.25) is 0 Å². The first-order chi connectivity index (χ1) is 7.43. The number of carbonyl (C=O) groups is 2. The lowest BCUT2D eigenvalue weighted by molar-refractivity contribution is -0.136. The number of rotatable bonds is 3. The normalized spacial score (nSPS) is 9.75. The number of carboxylic acids is 2. The highest BCUT2D eigenvalue weighted by molar-refractivity contribution is 5.93. The average Bonchev–Trinajstić information content (AvgIpc) is 2.26. The van der Waals surface area contributed by atoms with Gasteiger partial charge >= 0.3 is 11.9 Å². The highest BCUT2D eigenvalue weighted by atomic mass is 16.4. The second-order valence-corrected chi connectivity index (χ2v) is 3.01. The first-order valence-electron chi connectivity index (χ1n) is 4.23. The first kappa shape index (κ1) is 11.7. The molecule has 0 fully saturated rings. The van der Waals surface area contributed by atoms with Crippen molar-refractivity contribution in [2.24, 2.45) is 0 Å². The van der Waals surface area contributed by atoms with E-state index >= 15 is 0 Å². The maximum atomic E-state index is 11.1. The van der Waals surface area contributed by atoms with E-state index < -0.39 is 35.1 Å². The number of aliphatic carboxylic acids is 1. The summed E-state index contributed by atoms with van der Waals surface area (Å²) < 4.78 is 0. The molecule has 1 aromatic carbocycles. The van der Waals surface area contributed by atoms with Gasteiger partial charge in [-0.2, -0.15) is 0 Å². The van der Waals surface area contributed by atoms with E-state index in [0.717, 1.165) is 6.07 Å². The minimum Gasteiger partial charge on any atom is -0.504 e. The highest BCUT2D eigenvalue weighted by Gasteiger charge is 2.18. The Balaban J connectivity index is 3.56. The molecule has 0 unspecified atom stereocenters. The molecule has 0 atom stereocenters. The number of hydrogen-bond donors (Lipinski definition) is 3. The van der Waals surface area contributed by atoms with Crippen LogP contribution >= 0.6 is 0 Å². The molecular formula is C10H8O6. The van der Waals surface area contributed by atoms with Crippen LogP contribution in [-0.2, 0) is 11.2 Å². The van der Waals surface area contributed by atoms with Crippen LogP contribution in [0.3, 0.4) is 0 Å². The van der Waals surface area contributed by atoms with Crippen LogP contribution in [0.4, 0.5) is 0 Å². The van der Waals surface area contributed by atoms with Gasteiger partial charge in [0.1, 0.15) is 5.56 Å². The molecule has 0 amide bonds. The van der Waals surface area contributed by atoms with E-state index in [1.165, 1.54) is 12.1 Å². The fraction of sp³-hybridized carbons (Fsp3) is 0.100. The van der Waals surface area contributed by atoms with Crippen molar-refractivity contribution in [2.45, 2.75) is 6.42 Å². The lowest BCUT2D eigenvalue weighted by Crippen LogP contribution is -2.09. The molecule has 0 aromatic heterocycles. The Kier molecular flexibility index (Phi) is 3.24. The van der Waals surface area contributed by atoms with E-state index in [1.54, 1.807) is 0 Å². The Labute approximate surface area is 89.4 Å². The summed E-state index contributed by atoms with van der Waals surface area (Å²) >= 11 is 0. The van der Waals surface area contributed by atoms with E-state index in [9.17, 15) is 19.5 Å². The maximum absolute atomic E-state index is 11.1. The van der Waals surface area contributed by atoms with Gasteiger partial charge in [0.2, 0.25) is 5.43 Å². The molecule has 0 spiro atoms. The Morgan fingerprint density at radius 3 is 2.31 bits per heavy atom. The van der Waals surface area contributed by atoms with Crippen molar-refractivity contribution in [1.29, 1.82) is 0 Å². The zero-order chi connectivity index (χ0) is 12.3. The van der Waals surface area contributed by atoms with E-state index in [2.05, 4.69) is 0 Å².